The molecule has 0 fully saturated rings. The third-order valence-corrected chi connectivity index (χ3v) is 11.7. The van der Waals surface area contributed by atoms with Crippen LogP contribution in [0.25, 0.3) is 44.5 Å². The molecule has 360 valence electrons. The Labute approximate surface area is 418 Å². The maximum atomic E-state index is 12.6. The zero-order chi connectivity index (χ0) is 51.0. The van der Waals surface area contributed by atoms with E-state index in [2.05, 4.69) is 15.0 Å². The molecule has 13 heteroatoms. The van der Waals surface area contributed by atoms with Crippen LogP contribution in [0.15, 0.2) is 178 Å². The molecule has 0 amide bonds. The molecule has 3 aromatic heterocycles. The topological polar surface area (TPSA) is 117 Å². The summed E-state index contributed by atoms with van der Waals surface area (Å²) in [7, 11) is 0. The van der Waals surface area contributed by atoms with E-state index in [1.165, 1.54) is 18.2 Å². The Hall–Kier alpha value is -7.86. The molecule has 0 atom stereocenters. The number of aromatic amines is 3. The second kappa shape index (κ2) is 22.3. The Bertz CT molecular complexity index is 3460. The van der Waals surface area contributed by atoms with Crippen molar-refractivity contribution in [1.82, 2.24) is 15.0 Å². The minimum absolute atomic E-state index is 0.0186. The number of rotatable bonds is 8. The Morgan fingerprint density at radius 2 is 0.606 bits per heavy atom. The number of alkyl halides is 3. The van der Waals surface area contributed by atoms with Gasteiger partial charge in [0, 0.05) is 79.1 Å². The quantitative estimate of drug-likeness (QED) is 0.140. The number of halogens is 5. The lowest BCUT2D eigenvalue weighted by atomic mass is 9.99. The van der Waals surface area contributed by atoms with Gasteiger partial charge in [-0.05, 0) is 154 Å². The van der Waals surface area contributed by atoms with Crippen molar-refractivity contribution in [3.8, 4) is 67.5 Å². The summed E-state index contributed by atoms with van der Waals surface area (Å²) >= 11 is 11.8. The maximum Gasteiger partial charge on any atom is 0.416 e. The average Bonchev–Trinajstić information content (AvgIpc) is 3.31. The molecule has 0 saturated carbocycles. The van der Waals surface area contributed by atoms with Crippen molar-refractivity contribution in [3.63, 3.8) is 0 Å². The number of pyridine rings is 3. The number of H-pyrrole nitrogens is 3. The molecule has 0 aliphatic heterocycles. The first-order valence-corrected chi connectivity index (χ1v) is 23.0. The van der Waals surface area contributed by atoms with Crippen molar-refractivity contribution in [2.45, 2.75) is 47.7 Å². The zero-order valence-corrected chi connectivity index (χ0v) is 41.0. The molecule has 71 heavy (non-hydrogen) atoms. The third-order valence-electron chi connectivity index (χ3n) is 11.2. The molecule has 6 aromatic carbocycles. The number of hydrogen-bond acceptors (Lipinski definition) is 5. The molecule has 0 radical (unpaired) electrons. The van der Waals surface area contributed by atoms with Gasteiger partial charge in [0.25, 0.3) is 0 Å². The molecule has 0 bridgehead atoms. The fourth-order valence-corrected chi connectivity index (χ4v) is 8.21. The summed E-state index contributed by atoms with van der Waals surface area (Å²) in [5.74, 6) is 2.19. The Balaban J connectivity index is 0.000000157. The summed E-state index contributed by atoms with van der Waals surface area (Å²) in [5.41, 5.74) is 11.1. The van der Waals surface area contributed by atoms with Gasteiger partial charge in [-0.15, -0.1) is 0 Å². The molecule has 9 aromatic rings. The van der Waals surface area contributed by atoms with Gasteiger partial charge in [-0.3, -0.25) is 14.4 Å². The average molecular weight is 995 g/mol. The van der Waals surface area contributed by atoms with Crippen molar-refractivity contribution in [1.29, 1.82) is 0 Å². The minimum Gasteiger partial charge on any atom is -0.457 e. The summed E-state index contributed by atoms with van der Waals surface area (Å²) in [6.45, 7) is 11.2. The highest BCUT2D eigenvalue weighted by Gasteiger charge is 2.30. The second-order valence-corrected chi connectivity index (χ2v) is 17.6. The smallest absolute Gasteiger partial charge is 0.416 e. The summed E-state index contributed by atoms with van der Waals surface area (Å²) < 4.78 is 49.0. The first-order chi connectivity index (χ1) is 33.8. The van der Waals surface area contributed by atoms with E-state index in [1.54, 1.807) is 48.5 Å². The molecule has 3 N–H and O–H groups in total. The van der Waals surface area contributed by atoms with Gasteiger partial charge in [0.05, 0.1) is 5.56 Å². The van der Waals surface area contributed by atoms with Gasteiger partial charge in [0.1, 0.15) is 23.0 Å². The second-order valence-electron chi connectivity index (χ2n) is 16.8. The van der Waals surface area contributed by atoms with Gasteiger partial charge in [-0.25, -0.2) is 0 Å². The number of hydrogen-bond donors (Lipinski definition) is 3. The van der Waals surface area contributed by atoms with E-state index in [4.69, 9.17) is 32.7 Å². The van der Waals surface area contributed by atoms with Gasteiger partial charge in [-0.2, -0.15) is 13.2 Å². The maximum absolute atomic E-state index is 12.6. The number of aryl methyl sites for hydroxylation is 6. The lowest BCUT2D eigenvalue weighted by Gasteiger charge is -2.10. The molecule has 0 saturated heterocycles. The van der Waals surface area contributed by atoms with Crippen molar-refractivity contribution >= 4 is 23.2 Å². The van der Waals surface area contributed by atoms with Crippen LogP contribution in [-0.4, -0.2) is 15.0 Å². The van der Waals surface area contributed by atoms with Crippen molar-refractivity contribution < 1.29 is 22.6 Å². The normalized spacial score (nSPS) is 10.9. The van der Waals surface area contributed by atoms with E-state index in [9.17, 15) is 27.6 Å². The monoisotopic (exact) mass is 993 g/mol. The number of nitrogens with one attached hydrogen (secondary N) is 3. The first kappa shape index (κ1) is 51.0. The van der Waals surface area contributed by atoms with Crippen LogP contribution in [0.3, 0.4) is 0 Å². The fourth-order valence-electron chi connectivity index (χ4n) is 7.96. The van der Waals surface area contributed by atoms with E-state index < -0.39 is 11.7 Å². The van der Waals surface area contributed by atoms with Crippen LogP contribution in [-0.2, 0) is 6.18 Å². The molecule has 0 aliphatic carbocycles. The van der Waals surface area contributed by atoms with Crippen molar-refractivity contribution in [2.24, 2.45) is 0 Å². The highest BCUT2D eigenvalue weighted by Crippen LogP contribution is 2.33. The van der Waals surface area contributed by atoms with E-state index in [0.29, 0.717) is 39.1 Å². The van der Waals surface area contributed by atoms with Gasteiger partial charge in [-0.1, -0.05) is 83.9 Å². The van der Waals surface area contributed by atoms with Crippen LogP contribution in [0.4, 0.5) is 13.2 Å². The number of benzene rings is 6. The molecular formula is C58H48Cl2F3N3O5. The highest BCUT2D eigenvalue weighted by atomic mass is 35.5. The van der Waals surface area contributed by atoms with Crippen LogP contribution in [0.5, 0.6) is 23.0 Å². The van der Waals surface area contributed by atoms with E-state index in [-0.39, 0.29) is 16.3 Å². The van der Waals surface area contributed by atoms with E-state index in [0.717, 1.165) is 84.7 Å². The molecule has 0 aliphatic rings. The van der Waals surface area contributed by atoms with Crippen LogP contribution < -0.4 is 25.8 Å². The SMILES string of the molecule is Cc1cc(=O)c(-c2ccc(-c3ccc(Cl)cc3)cc2)c(C)[nH]1.Cc1cc(=O)c(-c2ccc(Oc3ccc(C(F)(F)F)cc3)cc2)c(C)[nH]1.Cc1cc(=O)c(-c2ccc(Oc3ccc(Cl)cc3)cc2)c(C)[nH]1. The van der Waals surface area contributed by atoms with Crippen molar-refractivity contribution in [2.75, 3.05) is 0 Å². The highest BCUT2D eigenvalue weighted by molar-refractivity contribution is 6.30. The lowest BCUT2D eigenvalue weighted by molar-refractivity contribution is -0.137. The first-order valence-electron chi connectivity index (χ1n) is 22.3. The third kappa shape index (κ3) is 13.3. The van der Waals surface area contributed by atoms with E-state index >= 15 is 0 Å². The van der Waals surface area contributed by atoms with Gasteiger partial charge in [0.15, 0.2) is 16.3 Å². The molecular weight excluding hydrogens is 947 g/mol. The number of ether oxygens (including phenoxy) is 2. The van der Waals surface area contributed by atoms with Gasteiger partial charge < -0.3 is 24.4 Å². The standard InChI is InChI=1S/C20H16F3NO2.C19H16ClNO2.C19H16ClNO/c1-12-11-18(25)19(13(2)24-12)14-3-7-16(8-4-14)26-17-9-5-15(6-10-17)20(21,22)23;1-12-11-18(22)19(13(2)21-12)14-3-7-16(8-4-14)23-17-9-5-15(20)6-10-17;1-12-11-18(22)19(13(2)21-12)16-5-3-14(4-6-16)15-7-9-17(20)10-8-15/h3-11H,1-2H3,(H,24,25);3-11H,1-2H3,(H,21,22);3-11H,1-2H3,(H,21,22). The van der Waals surface area contributed by atoms with Crippen molar-refractivity contribution in [3.05, 3.63) is 244 Å². The summed E-state index contributed by atoms with van der Waals surface area (Å²) in [6.07, 6.45) is -4.38. The summed E-state index contributed by atoms with van der Waals surface area (Å²) in [5, 5.41) is 1.39. The predicted octanol–water partition coefficient (Wildman–Crippen LogP) is 15.6. The van der Waals surface area contributed by atoms with Crippen LogP contribution in [0, 0.1) is 41.5 Å². The molecule has 9 rings (SSSR count). The van der Waals surface area contributed by atoms with Crippen LogP contribution in [0.1, 0.15) is 39.7 Å². The summed E-state index contributed by atoms with van der Waals surface area (Å²) in [4.78, 5) is 46.2. The Morgan fingerprint density at radius 1 is 0.366 bits per heavy atom. The molecule has 8 nitrogen and oxygen atoms in total. The number of aromatic nitrogens is 3. The molecule has 3 heterocycles. The predicted molar refractivity (Wildman–Crippen MR) is 279 cm³/mol. The molecule has 0 unspecified atom stereocenters. The Kier molecular flexibility index (Phi) is 16.0. The van der Waals surface area contributed by atoms with Crippen LogP contribution >= 0.6 is 23.2 Å². The van der Waals surface area contributed by atoms with Gasteiger partial charge in [0.2, 0.25) is 0 Å². The summed E-state index contributed by atoms with van der Waals surface area (Å²) in [6, 6.07) is 46.5. The Morgan fingerprint density at radius 3 is 0.901 bits per heavy atom. The largest absolute Gasteiger partial charge is 0.457 e. The van der Waals surface area contributed by atoms with Gasteiger partial charge >= 0.3 is 6.18 Å². The minimum atomic E-state index is -4.38. The lowest BCUT2D eigenvalue weighted by Crippen LogP contribution is -2.08. The zero-order valence-electron chi connectivity index (χ0n) is 39.5. The molecule has 0 spiro atoms. The van der Waals surface area contributed by atoms with E-state index in [1.807, 2.05) is 126 Å². The fraction of sp³-hybridized carbons (Fsp3) is 0.121. The van der Waals surface area contributed by atoms with Crippen LogP contribution in [0.2, 0.25) is 10.0 Å².